The lowest BCUT2D eigenvalue weighted by molar-refractivity contribution is 0.262. The number of halogens is 1. The molecule has 3 rings (SSSR count). The van der Waals surface area contributed by atoms with Crippen molar-refractivity contribution in [3.63, 3.8) is 0 Å². The van der Waals surface area contributed by atoms with Crippen molar-refractivity contribution in [3.8, 4) is 17.0 Å². The Balaban J connectivity index is 1.84. The number of methoxy groups -OCH3 is 1. The lowest BCUT2D eigenvalue weighted by atomic mass is 10.1. The summed E-state index contributed by atoms with van der Waals surface area (Å²) in [5, 5.41) is 12.3. The predicted octanol–water partition coefficient (Wildman–Crippen LogP) is 4.18. The largest absolute Gasteiger partial charge is 0.497 e. The maximum absolute atomic E-state index is 13.7. The number of nitrogens with one attached hydrogen (secondary N) is 3. The zero-order chi connectivity index (χ0) is 17.8. The van der Waals surface area contributed by atoms with E-state index in [1.54, 1.807) is 26.2 Å². The summed E-state index contributed by atoms with van der Waals surface area (Å²) in [6, 6.07) is 12.7. The SMILES string of the molecule is COc1cccc(-c2n[nH]c(C)c2NC(=O)Nc2ccccc2F)c1. The molecule has 0 aliphatic rings. The third-order valence-corrected chi connectivity index (χ3v) is 3.65. The van der Waals surface area contributed by atoms with Gasteiger partial charge in [-0.15, -0.1) is 0 Å². The molecule has 1 heterocycles. The van der Waals surface area contributed by atoms with Gasteiger partial charge in [-0.1, -0.05) is 24.3 Å². The highest BCUT2D eigenvalue weighted by Crippen LogP contribution is 2.30. The van der Waals surface area contributed by atoms with Gasteiger partial charge in [0.25, 0.3) is 0 Å². The van der Waals surface area contributed by atoms with E-state index in [9.17, 15) is 9.18 Å². The first-order valence-corrected chi connectivity index (χ1v) is 7.60. The Morgan fingerprint density at radius 1 is 1.16 bits per heavy atom. The van der Waals surface area contributed by atoms with Crippen LogP contribution in [0.1, 0.15) is 5.69 Å². The molecule has 1 aromatic heterocycles. The fourth-order valence-corrected chi connectivity index (χ4v) is 2.39. The van der Waals surface area contributed by atoms with E-state index in [0.717, 1.165) is 5.56 Å². The number of ether oxygens (including phenoxy) is 1. The molecule has 7 heteroatoms. The van der Waals surface area contributed by atoms with Gasteiger partial charge in [0.1, 0.15) is 17.3 Å². The molecule has 0 saturated carbocycles. The number of anilines is 2. The number of para-hydroxylation sites is 1. The Bertz CT molecular complexity index is 908. The van der Waals surface area contributed by atoms with E-state index in [-0.39, 0.29) is 5.69 Å². The summed E-state index contributed by atoms with van der Waals surface area (Å²) >= 11 is 0. The topological polar surface area (TPSA) is 79.0 Å². The molecule has 0 radical (unpaired) electrons. The van der Waals surface area contributed by atoms with Crippen LogP contribution in [0, 0.1) is 12.7 Å². The number of carbonyl (C=O) groups is 1. The number of aryl methyl sites for hydroxylation is 1. The normalized spacial score (nSPS) is 10.4. The molecule has 0 bridgehead atoms. The average molecular weight is 340 g/mol. The van der Waals surface area contributed by atoms with Gasteiger partial charge in [-0.25, -0.2) is 9.18 Å². The third kappa shape index (κ3) is 3.60. The van der Waals surface area contributed by atoms with Gasteiger partial charge in [-0.3, -0.25) is 5.10 Å². The Morgan fingerprint density at radius 2 is 1.96 bits per heavy atom. The molecular formula is C18H17FN4O2. The van der Waals surface area contributed by atoms with Gasteiger partial charge in [0.15, 0.2) is 0 Å². The van der Waals surface area contributed by atoms with Gasteiger partial charge < -0.3 is 15.4 Å². The van der Waals surface area contributed by atoms with Crippen LogP contribution in [0.2, 0.25) is 0 Å². The highest BCUT2D eigenvalue weighted by Gasteiger charge is 2.16. The van der Waals surface area contributed by atoms with E-state index in [0.29, 0.717) is 22.8 Å². The van der Waals surface area contributed by atoms with Crippen LogP contribution in [0.3, 0.4) is 0 Å². The number of nitrogens with zero attached hydrogens (tertiary/aromatic N) is 1. The molecule has 2 amide bonds. The van der Waals surface area contributed by atoms with Gasteiger partial charge in [-0.2, -0.15) is 5.10 Å². The van der Waals surface area contributed by atoms with Crippen molar-refractivity contribution in [3.05, 3.63) is 60.0 Å². The van der Waals surface area contributed by atoms with Crippen LogP contribution in [0.5, 0.6) is 5.75 Å². The standard InChI is InChI=1S/C18H17FN4O2/c1-11-16(21-18(24)20-15-9-4-3-8-14(15)19)17(23-22-11)12-6-5-7-13(10-12)25-2/h3-10H,1-2H3,(H,22,23)(H2,20,21,24). The average Bonchev–Trinajstić information content (AvgIpc) is 2.97. The minimum Gasteiger partial charge on any atom is -0.497 e. The molecule has 128 valence electrons. The number of benzene rings is 2. The van der Waals surface area contributed by atoms with E-state index in [1.165, 1.54) is 12.1 Å². The Morgan fingerprint density at radius 3 is 2.72 bits per heavy atom. The monoisotopic (exact) mass is 340 g/mol. The van der Waals surface area contributed by atoms with Gasteiger partial charge in [0.2, 0.25) is 0 Å². The maximum atomic E-state index is 13.7. The van der Waals surface area contributed by atoms with Crippen molar-refractivity contribution in [2.24, 2.45) is 0 Å². The predicted molar refractivity (Wildman–Crippen MR) is 94.4 cm³/mol. The second kappa shape index (κ2) is 7.04. The minimum absolute atomic E-state index is 0.101. The van der Waals surface area contributed by atoms with Crippen molar-refractivity contribution >= 4 is 17.4 Å². The highest BCUT2D eigenvalue weighted by atomic mass is 19.1. The van der Waals surface area contributed by atoms with E-state index in [4.69, 9.17) is 4.74 Å². The molecule has 0 aliphatic carbocycles. The number of amides is 2. The first-order chi connectivity index (χ1) is 12.1. The second-order valence-corrected chi connectivity index (χ2v) is 5.36. The Labute approximate surface area is 144 Å². The molecule has 2 aromatic carbocycles. The summed E-state index contributed by atoms with van der Waals surface area (Å²) < 4.78 is 18.9. The summed E-state index contributed by atoms with van der Waals surface area (Å²) in [4.78, 5) is 12.2. The number of rotatable bonds is 4. The molecule has 0 aliphatic heterocycles. The first kappa shape index (κ1) is 16.5. The Kier molecular flexibility index (Phi) is 4.65. The molecular weight excluding hydrogens is 323 g/mol. The van der Waals surface area contributed by atoms with E-state index >= 15 is 0 Å². The van der Waals surface area contributed by atoms with Crippen molar-refractivity contribution in [2.75, 3.05) is 17.7 Å². The maximum Gasteiger partial charge on any atom is 0.323 e. The highest BCUT2D eigenvalue weighted by molar-refractivity contribution is 6.02. The number of carbonyl (C=O) groups excluding carboxylic acids is 1. The van der Waals surface area contributed by atoms with Crippen molar-refractivity contribution in [1.29, 1.82) is 0 Å². The smallest absolute Gasteiger partial charge is 0.323 e. The second-order valence-electron chi connectivity index (χ2n) is 5.36. The molecule has 0 atom stereocenters. The number of urea groups is 1. The lowest BCUT2D eigenvalue weighted by Crippen LogP contribution is -2.20. The molecule has 0 unspecified atom stereocenters. The van der Waals surface area contributed by atoms with E-state index in [2.05, 4.69) is 20.8 Å². The zero-order valence-electron chi connectivity index (χ0n) is 13.8. The van der Waals surface area contributed by atoms with E-state index in [1.807, 2.05) is 24.3 Å². The zero-order valence-corrected chi connectivity index (χ0v) is 13.8. The summed E-state index contributed by atoms with van der Waals surface area (Å²) in [6.45, 7) is 1.79. The number of aromatic amines is 1. The Hall–Kier alpha value is -3.35. The fourth-order valence-electron chi connectivity index (χ4n) is 2.39. The quantitative estimate of drug-likeness (QED) is 0.667. The fraction of sp³-hybridized carbons (Fsp3) is 0.111. The van der Waals surface area contributed by atoms with Crippen LogP contribution in [0.25, 0.3) is 11.3 Å². The van der Waals surface area contributed by atoms with Crippen LogP contribution in [0.4, 0.5) is 20.6 Å². The molecule has 25 heavy (non-hydrogen) atoms. The van der Waals surface area contributed by atoms with Crippen molar-refractivity contribution in [1.82, 2.24) is 10.2 Å². The summed E-state index contributed by atoms with van der Waals surface area (Å²) in [5.41, 5.74) is 2.65. The van der Waals surface area contributed by atoms with Gasteiger partial charge >= 0.3 is 6.03 Å². The van der Waals surface area contributed by atoms with Gasteiger partial charge in [-0.05, 0) is 31.2 Å². The molecule has 3 aromatic rings. The number of hydrogen-bond donors (Lipinski definition) is 3. The molecule has 3 N–H and O–H groups in total. The summed E-state index contributed by atoms with van der Waals surface area (Å²) in [6.07, 6.45) is 0. The van der Waals surface area contributed by atoms with Crippen LogP contribution in [-0.2, 0) is 0 Å². The van der Waals surface area contributed by atoms with Crippen LogP contribution in [-0.4, -0.2) is 23.3 Å². The summed E-state index contributed by atoms with van der Waals surface area (Å²) in [5.74, 6) is 0.175. The van der Waals surface area contributed by atoms with Crippen LogP contribution < -0.4 is 15.4 Å². The molecule has 0 spiro atoms. The van der Waals surface area contributed by atoms with Gasteiger partial charge in [0.05, 0.1) is 24.2 Å². The number of hydrogen-bond acceptors (Lipinski definition) is 3. The van der Waals surface area contributed by atoms with Crippen molar-refractivity contribution in [2.45, 2.75) is 6.92 Å². The number of H-pyrrole nitrogens is 1. The van der Waals surface area contributed by atoms with Crippen LogP contribution >= 0.6 is 0 Å². The van der Waals surface area contributed by atoms with Crippen molar-refractivity contribution < 1.29 is 13.9 Å². The molecule has 0 fully saturated rings. The number of aromatic nitrogens is 2. The lowest BCUT2D eigenvalue weighted by Gasteiger charge is -2.10. The minimum atomic E-state index is -0.557. The molecule has 0 saturated heterocycles. The third-order valence-electron chi connectivity index (χ3n) is 3.65. The van der Waals surface area contributed by atoms with Gasteiger partial charge in [0, 0.05) is 5.56 Å². The van der Waals surface area contributed by atoms with Crippen LogP contribution in [0.15, 0.2) is 48.5 Å². The first-order valence-electron chi connectivity index (χ1n) is 7.60. The summed E-state index contributed by atoms with van der Waals surface area (Å²) in [7, 11) is 1.58. The molecule has 6 nitrogen and oxygen atoms in total. The van der Waals surface area contributed by atoms with E-state index < -0.39 is 11.8 Å².